The summed E-state index contributed by atoms with van der Waals surface area (Å²) in [5, 5.41) is 10.5. The van der Waals surface area contributed by atoms with Crippen LogP contribution in [0.15, 0.2) is 81.9 Å². The van der Waals surface area contributed by atoms with E-state index in [1.54, 1.807) is 49.4 Å². The Kier molecular flexibility index (Phi) is 6.26. The van der Waals surface area contributed by atoms with E-state index in [9.17, 15) is 24.3 Å². The van der Waals surface area contributed by atoms with Crippen molar-refractivity contribution in [2.45, 2.75) is 25.7 Å². The van der Waals surface area contributed by atoms with Gasteiger partial charge in [0.2, 0.25) is 11.8 Å². The first-order valence-corrected chi connectivity index (χ1v) is 13.8. The van der Waals surface area contributed by atoms with E-state index in [2.05, 4.69) is 22.5 Å². The van der Waals surface area contributed by atoms with E-state index in [0.29, 0.717) is 38.9 Å². The van der Waals surface area contributed by atoms with E-state index in [1.807, 2.05) is 6.08 Å². The second-order valence-corrected chi connectivity index (χ2v) is 11.4. The standard InChI is InChI=1S/C32H26BrNO6/c1-4-16-5-7-18(8-6-16)34-31(38)20-10-9-19-21(27(20)32(34)39)14-22-24(35)11-15(2)29(36)28(22)26(19)17-12-23(33)30(37)25(13-17)40-3/h4-9,11-13,20-21,26-27,37H,1,10,14H2,2-3H3/t20-,21+,26-,27-/m0/s1. The number of aromatic hydroxyl groups is 1. The molecule has 0 saturated carbocycles. The number of amides is 2. The topological polar surface area (TPSA) is 101 Å². The van der Waals surface area contributed by atoms with Crippen molar-refractivity contribution in [1.82, 2.24) is 0 Å². The lowest BCUT2D eigenvalue weighted by atomic mass is 9.59. The largest absolute Gasteiger partial charge is 0.503 e. The van der Waals surface area contributed by atoms with Crippen LogP contribution in [0.3, 0.4) is 0 Å². The molecule has 1 heterocycles. The molecule has 202 valence electrons. The molecule has 0 bridgehead atoms. The maximum absolute atomic E-state index is 14.0. The molecule has 6 rings (SSSR count). The van der Waals surface area contributed by atoms with Gasteiger partial charge in [-0.3, -0.25) is 24.1 Å². The summed E-state index contributed by atoms with van der Waals surface area (Å²) < 4.78 is 5.77. The van der Waals surface area contributed by atoms with Crippen molar-refractivity contribution in [3.63, 3.8) is 0 Å². The first-order chi connectivity index (χ1) is 19.2. The van der Waals surface area contributed by atoms with Crippen LogP contribution in [-0.2, 0) is 19.2 Å². The SMILES string of the molecule is C=Cc1ccc(N2C(=O)[C@H]3[C@H](CC=C4[C@H](c5cc(Br)c(O)c(OC)c5)C5=C(C[C@H]43)C(=O)C=C(C)C5=O)C2=O)cc1. The van der Waals surface area contributed by atoms with Gasteiger partial charge < -0.3 is 9.84 Å². The molecule has 4 aliphatic rings. The van der Waals surface area contributed by atoms with E-state index in [-0.39, 0.29) is 41.3 Å². The quantitative estimate of drug-likeness (QED) is 0.285. The van der Waals surface area contributed by atoms with Crippen LogP contribution >= 0.6 is 15.9 Å². The molecule has 4 atom stereocenters. The zero-order valence-electron chi connectivity index (χ0n) is 21.9. The van der Waals surface area contributed by atoms with Crippen LogP contribution in [0.25, 0.3) is 6.08 Å². The molecule has 7 nitrogen and oxygen atoms in total. The van der Waals surface area contributed by atoms with Crippen molar-refractivity contribution in [1.29, 1.82) is 0 Å². The van der Waals surface area contributed by atoms with Crippen LogP contribution in [-0.4, -0.2) is 35.6 Å². The fourth-order valence-electron chi connectivity index (χ4n) is 6.67. The fraction of sp³-hybridized carbons (Fsp3) is 0.250. The molecule has 1 fully saturated rings. The fourth-order valence-corrected chi connectivity index (χ4v) is 7.13. The van der Waals surface area contributed by atoms with E-state index < -0.39 is 23.7 Å². The molecular weight excluding hydrogens is 574 g/mol. The third-order valence-corrected chi connectivity index (χ3v) is 9.16. The number of halogens is 1. The third-order valence-electron chi connectivity index (χ3n) is 8.56. The molecule has 8 heteroatoms. The number of nitrogens with zero attached hydrogens (tertiary/aromatic N) is 1. The highest BCUT2D eigenvalue weighted by Gasteiger charge is 2.56. The Labute approximate surface area is 239 Å². The highest BCUT2D eigenvalue weighted by atomic mass is 79.9. The zero-order valence-corrected chi connectivity index (χ0v) is 23.5. The van der Waals surface area contributed by atoms with Crippen molar-refractivity contribution in [3.05, 3.63) is 93.0 Å². The summed E-state index contributed by atoms with van der Waals surface area (Å²) in [4.78, 5) is 55.7. The minimum atomic E-state index is -0.666. The van der Waals surface area contributed by atoms with Gasteiger partial charge in [-0.05, 0) is 83.1 Å². The maximum Gasteiger partial charge on any atom is 0.238 e. The van der Waals surface area contributed by atoms with Gasteiger partial charge in [0.1, 0.15) is 0 Å². The number of hydrogen-bond donors (Lipinski definition) is 1. The van der Waals surface area contributed by atoms with Crippen molar-refractivity contribution >= 4 is 51.1 Å². The number of carbonyl (C=O) groups is 4. The second kappa shape index (κ2) is 9.55. The van der Waals surface area contributed by atoms with Gasteiger partial charge in [0.05, 0.1) is 29.1 Å². The molecule has 1 saturated heterocycles. The molecule has 0 unspecified atom stereocenters. The monoisotopic (exact) mass is 599 g/mol. The van der Waals surface area contributed by atoms with Crippen LogP contribution in [0.4, 0.5) is 5.69 Å². The van der Waals surface area contributed by atoms with Gasteiger partial charge in [0, 0.05) is 22.6 Å². The van der Waals surface area contributed by atoms with Gasteiger partial charge in [-0.25, -0.2) is 0 Å². The number of allylic oxidation sites excluding steroid dienone is 6. The number of benzene rings is 2. The predicted octanol–water partition coefficient (Wildman–Crippen LogP) is 5.44. The molecular formula is C32H26BrNO6. The van der Waals surface area contributed by atoms with Crippen LogP contribution in [0.2, 0.25) is 0 Å². The normalized spacial score (nSPS) is 25.7. The number of carbonyl (C=O) groups excluding carboxylic acids is 4. The second-order valence-electron chi connectivity index (χ2n) is 10.6. The summed E-state index contributed by atoms with van der Waals surface area (Å²) in [6.07, 6.45) is 5.56. The molecule has 0 spiro atoms. The van der Waals surface area contributed by atoms with Gasteiger partial charge in [-0.1, -0.05) is 36.4 Å². The molecule has 1 N–H and O–H groups in total. The molecule has 2 aromatic carbocycles. The Hall–Kier alpha value is -4.04. The molecule has 2 amide bonds. The summed E-state index contributed by atoms with van der Waals surface area (Å²) >= 11 is 3.39. The molecule has 2 aromatic rings. The summed E-state index contributed by atoms with van der Waals surface area (Å²) in [7, 11) is 1.44. The number of rotatable bonds is 4. The number of Topliss-reactive ketones (excluding diaryl/α,β-unsaturated/α-hetero) is 1. The number of ketones is 2. The number of methoxy groups -OCH3 is 1. The first-order valence-electron chi connectivity index (χ1n) is 13.0. The highest BCUT2D eigenvalue weighted by molar-refractivity contribution is 9.10. The first kappa shape index (κ1) is 26.2. The van der Waals surface area contributed by atoms with Crippen molar-refractivity contribution < 1.29 is 29.0 Å². The Morgan fingerprint density at radius 1 is 1.07 bits per heavy atom. The van der Waals surface area contributed by atoms with Gasteiger partial charge >= 0.3 is 0 Å². The summed E-state index contributed by atoms with van der Waals surface area (Å²) in [5.74, 6) is -3.21. The van der Waals surface area contributed by atoms with E-state index in [0.717, 1.165) is 11.1 Å². The van der Waals surface area contributed by atoms with Crippen LogP contribution in [0.1, 0.15) is 36.8 Å². The average molecular weight is 600 g/mol. The van der Waals surface area contributed by atoms with Gasteiger partial charge in [0.15, 0.2) is 23.1 Å². The van der Waals surface area contributed by atoms with E-state index >= 15 is 0 Å². The summed E-state index contributed by atoms with van der Waals surface area (Å²) in [6, 6.07) is 10.5. The van der Waals surface area contributed by atoms with Crippen LogP contribution < -0.4 is 9.64 Å². The minimum absolute atomic E-state index is 0.0812. The van der Waals surface area contributed by atoms with Crippen LogP contribution in [0.5, 0.6) is 11.5 Å². The average Bonchev–Trinajstić information content (AvgIpc) is 3.21. The Bertz CT molecular complexity index is 1630. The number of imide groups is 1. The van der Waals surface area contributed by atoms with Gasteiger partial charge in [-0.15, -0.1) is 0 Å². The molecule has 3 aliphatic carbocycles. The highest BCUT2D eigenvalue weighted by Crippen LogP contribution is 2.56. The Morgan fingerprint density at radius 2 is 1.80 bits per heavy atom. The molecule has 0 radical (unpaired) electrons. The minimum Gasteiger partial charge on any atom is -0.503 e. The third kappa shape index (κ3) is 3.77. The number of phenolic OH excluding ortho intramolecular Hbond substituents is 1. The number of fused-ring (bicyclic) bond motifs is 3. The number of hydrogen-bond acceptors (Lipinski definition) is 6. The van der Waals surface area contributed by atoms with Crippen LogP contribution in [0, 0.1) is 17.8 Å². The Morgan fingerprint density at radius 3 is 2.48 bits per heavy atom. The predicted molar refractivity (Wildman–Crippen MR) is 153 cm³/mol. The zero-order chi connectivity index (χ0) is 28.5. The lowest BCUT2D eigenvalue weighted by Gasteiger charge is -2.42. The number of ether oxygens (including phenoxy) is 1. The van der Waals surface area contributed by atoms with E-state index in [1.165, 1.54) is 18.1 Å². The summed E-state index contributed by atoms with van der Waals surface area (Å²) in [6.45, 7) is 5.38. The number of phenols is 1. The van der Waals surface area contributed by atoms with Crippen molar-refractivity contribution in [3.8, 4) is 11.5 Å². The van der Waals surface area contributed by atoms with Crippen molar-refractivity contribution in [2.75, 3.05) is 12.0 Å². The number of anilines is 1. The van der Waals surface area contributed by atoms with Gasteiger partial charge in [0.25, 0.3) is 0 Å². The maximum atomic E-state index is 14.0. The lowest BCUT2D eigenvalue weighted by Crippen LogP contribution is -2.39. The summed E-state index contributed by atoms with van der Waals surface area (Å²) in [5.41, 5.74) is 3.97. The van der Waals surface area contributed by atoms with Crippen molar-refractivity contribution in [2.24, 2.45) is 17.8 Å². The molecule has 0 aromatic heterocycles. The van der Waals surface area contributed by atoms with E-state index in [4.69, 9.17) is 4.74 Å². The molecule has 40 heavy (non-hydrogen) atoms. The molecule has 1 aliphatic heterocycles. The lowest BCUT2D eigenvalue weighted by molar-refractivity contribution is -0.123. The smallest absolute Gasteiger partial charge is 0.238 e. The van der Waals surface area contributed by atoms with Gasteiger partial charge in [-0.2, -0.15) is 0 Å². The Balaban J connectivity index is 1.49.